The Morgan fingerprint density at radius 1 is 1.28 bits per heavy atom. The number of rotatable bonds is 1. The molecule has 0 aliphatic rings. The van der Waals surface area contributed by atoms with Crippen LogP contribution in [0.3, 0.4) is 0 Å². The van der Waals surface area contributed by atoms with E-state index in [1.54, 1.807) is 25.1 Å². The molecule has 0 saturated heterocycles. The minimum absolute atomic E-state index is 0.161. The van der Waals surface area contributed by atoms with Gasteiger partial charge in [-0.1, -0.05) is 19.8 Å². The van der Waals surface area contributed by atoms with Crippen LogP contribution in [0, 0.1) is 25.1 Å². The summed E-state index contributed by atoms with van der Waals surface area (Å²) in [5.74, 6) is 2.43. The molecular formula is C16H15FO. The van der Waals surface area contributed by atoms with E-state index in [0.29, 0.717) is 5.56 Å². The minimum atomic E-state index is -0.349. The maximum Gasteiger partial charge on any atom is 0.142 e. The van der Waals surface area contributed by atoms with Gasteiger partial charge >= 0.3 is 0 Å². The minimum Gasteiger partial charge on any atom is -0.508 e. The van der Waals surface area contributed by atoms with Crippen LogP contribution < -0.4 is 0 Å². The van der Waals surface area contributed by atoms with Gasteiger partial charge < -0.3 is 5.11 Å². The van der Waals surface area contributed by atoms with Crippen LogP contribution >= 0.6 is 0 Å². The highest BCUT2D eigenvalue weighted by Gasteiger charge is 2.15. The lowest BCUT2D eigenvalue weighted by molar-refractivity contribution is 0.475. The lowest BCUT2D eigenvalue weighted by atomic mass is 9.91. The second kappa shape index (κ2) is 4.34. The zero-order chi connectivity index (χ0) is 13.4. The molecule has 18 heavy (non-hydrogen) atoms. The Labute approximate surface area is 106 Å². The second-order valence-corrected chi connectivity index (χ2v) is 4.81. The molecule has 0 radical (unpaired) electrons. The van der Waals surface area contributed by atoms with E-state index in [4.69, 9.17) is 6.42 Å². The molecule has 0 saturated carbocycles. The molecule has 0 heterocycles. The van der Waals surface area contributed by atoms with Gasteiger partial charge in [-0.15, -0.1) is 6.42 Å². The van der Waals surface area contributed by atoms with Crippen LogP contribution in [-0.4, -0.2) is 5.11 Å². The second-order valence-electron chi connectivity index (χ2n) is 4.81. The number of hydrogen-bond acceptors (Lipinski definition) is 1. The van der Waals surface area contributed by atoms with Crippen LogP contribution in [0.5, 0.6) is 5.75 Å². The van der Waals surface area contributed by atoms with Crippen molar-refractivity contribution in [2.24, 2.45) is 0 Å². The number of benzene rings is 2. The molecule has 1 N–H and O–H groups in total. The maximum atomic E-state index is 14.1. The molecule has 1 nitrogen and oxygen atoms in total. The number of phenols is 1. The van der Waals surface area contributed by atoms with Gasteiger partial charge in [0.25, 0.3) is 0 Å². The Morgan fingerprint density at radius 2 is 1.94 bits per heavy atom. The van der Waals surface area contributed by atoms with E-state index in [2.05, 4.69) is 5.92 Å². The zero-order valence-electron chi connectivity index (χ0n) is 10.7. The third-order valence-electron chi connectivity index (χ3n) is 3.14. The van der Waals surface area contributed by atoms with Crippen LogP contribution in [0.1, 0.15) is 36.5 Å². The quantitative estimate of drug-likeness (QED) is 0.746. The topological polar surface area (TPSA) is 20.2 Å². The molecule has 0 bridgehead atoms. The Balaban J connectivity index is 3.03. The number of fused-ring (bicyclic) bond motifs is 1. The van der Waals surface area contributed by atoms with Crippen LogP contribution in [0.15, 0.2) is 18.2 Å². The SMILES string of the molecule is C#Cc1c(F)c(C)cc2cc(O)cc(C(C)C)c12. The summed E-state index contributed by atoms with van der Waals surface area (Å²) in [4.78, 5) is 0. The largest absolute Gasteiger partial charge is 0.508 e. The summed E-state index contributed by atoms with van der Waals surface area (Å²) in [6, 6.07) is 4.99. The van der Waals surface area contributed by atoms with E-state index >= 15 is 0 Å². The Hall–Kier alpha value is -2.01. The zero-order valence-corrected chi connectivity index (χ0v) is 10.7. The van der Waals surface area contributed by atoms with E-state index in [9.17, 15) is 9.50 Å². The van der Waals surface area contributed by atoms with Crippen molar-refractivity contribution in [1.82, 2.24) is 0 Å². The van der Waals surface area contributed by atoms with Gasteiger partial charge in [-0.3, -0.25) is 0 Å². The van der Waals surface area contributed by atoms with Crippen molar-refractivity contribution in [2.75, 3.05) is 0 Å². The van der Waals surface area contributed by atoms with Gasteiger partial charge in [-0.05, 0) is 47.6 Å². The van der Waals surface area contributed by atoms with Gasteiger partial charge in [-0.2, -0.15) is 0 Å². The van der Waals surface area contributed by atoms with E-state index in [0.717, 1.165) is 16.3 Å². The third kappa shape index (κ3) is 1.82. The average Bonchev–Trinajstić information content (AvgIpc) is 2.30. The summed E-state index contributed by atoms with van der Waals surface area (Å²) in [5, 5.41) is 11.3. The Kier molecular flexibility index (Phi) is 3.00. The molecule has 2 rings (SSSR count). The molecule has 0 aliphatic heterocycles. The molecule has 0 atom stereocenters. The molecule has 0 spiro atoms. The Bertz CT molecular complexity index is 663. The van der Waals surface area contributed by atoms with Crippen molar-refractivity contribution in [3.05, 3.63) is 40.7 Å². The van der Waals surface area contributed by atoms with Gasteiger partial charge in [0.2, 0.25) is 0 Å². The first-order chi connectivity index (χ1) is 8.45. The number of phenolic OH excluding ortho intramolecular Hbond substituents is 1. The summed E-state index contributed by atoms with van der Waals surface area (Å²) < 4.78 is 14.1. The van der Waals surface area contributed by atoms with E-state index in [-0.39, 0.29) is 23.0 Å². The van der Waals surface area contributed by atoms with Crippen LogP contribution in [0.4, 0.5) is 4.39 Å². The standard InChI is InChI=1S/C16H15FO/c1-5-13-15-11(6-10(4)16(13)17)7-12(18)8-14(15)9(2)3/h1,6-9,18H,2-4H3. The summed E-state index contributed by atoms with van der Waals surface area (Å²) in [7, 11) is 0. The predicted molar refractivity (Wildman–Crippen MR) is 72.3 cm³/mol. The molecule has 2 aromatic rings. The van der Waals surface area contributed by atoms with Gasteiger partial charge in [0.05, 0.1) is 5.56 Å². The van der Waals surface area contributed by atoms with E-state index < -0.39 is 0 Å². The molecule has 2 aromatic carbocycles. The lowest BCUT2D eigenvalue weighted by Crippen LogP contribution is -1.97. The highest BCUT2D eigenvalue weighted by Crippen LogP contribution is 2.34. The summed E-state index contributed by atoms with van der Waals surface area (Å²) in [6.07, 6.45) is 5.44. The molecule has 2 heteroatoms. The molecule has 0 fully saturated rings. The molecule has 0 unspecified atom stereocenters. The molecule has 0 aliphatic carbocycles. The number of aromatic hydroxyl groups is 1. The van der Waals surface area contributed by atoms with Gasteiger partial charge in [0.15, 0.2) is 0 Å². The van der Waals surface area contributed by atoms with Crippen LogP contribution in [0.2, 0.25) is 0 Å². The van der Waals surface area contributed by atoms with E-state index in [1.807, 2.05) is 13.8 Å². The predicted octanol–water partition coefficient (Wildman–Crippen LogP) is 4.10. The maximum absolute atomic E-state index is 14.1. The lowest BCUT2D eigenvalue weighted by Gasteiger charge is -2.14. The Morgan fingerprint density at radius 3 is 2.50 bits per heavy atom. The van der Waals surface area contributed by atoms with Gasteiger partial charge in [0, 0.05) is 5.39 Å². The van der Waals surface area contributed by atoms with Crippen molar-refractivity contribution < 1.29 is 9.50 Å². The first-order valence-electron chi connectivity index (χ1n) is 5.88. The summed E-state index contributed by atoms with van der Waals surface area (Å²) in [5.41, 5.74) is 1.65. The molecule has 0 amide bonds. The molecular weight excluding hydrogens is 227 g/mol. The van der Waals surface area contributed by atoms with E-state index in [1.165, 1.54) is 0 Å². The van der Waals surface area contributed by atoms with Crippen molar-refractivity contribution in [3.63, 3.8) is 0 Å². The van der Waals surface area contributed by atoms with Crippen molar-refractivity contribution in [2.45, 2.75) is 26.7 Å². The van der Waals surface area contributed by atoms with Crippen LogP contribution in [0.25, 0.3) is 10.8 Å². The smallest absolute Gasteiger partial charge is 0.142 e. The number of aryl methyl sites for hydroxylation is 1. The average molecular weight is 242 g/mol. The first kappa shape index (κ1) is 12.4. The normalized spacial score (nSPS) is 10.9. The first-order valence-corrected chi connectivity index (χ1v) is 5.88. The number of halogens is 1. The fourth-order valence-electron chi connectivity index (χ4n) is 2.27. The van der Waals surface area contributed by atoms with Gasteiger partial charge in [0.1, 0.15) is 11.6 Å². The highest BCUT2D eigenvalue weighted by atomic mass is 19.1. The number of hydrogen-bond donors (Lipinski definition) is 1. The van der Waals surface area contributed by atoms with Crippen molar-refractivity contribution >= 4 is 10.8 Å². The summed E-state index contributed by atoms with van der Waals surface area (Å²) in [6.45, 7) is 5.66. The van der Waals surface area contributed by atoms with Gasteiger partial charge in [-0.25, -0.2) is 4.39 Å². The summed E-state index contributed by atoms with van der Waals surface area (Å²) >= 11 is 0. The third-order valence-corrected chi connectivity index (χ3v) is 3.14. The number of terminal acetylenes is 1. The van der Waals surface area contributed by atoms with Crippen LogP contribution in [-0.2, 0) is 0 Å². The molecule has 92 valence electrons. The highest BCUT2D eigenvalue weighted by molar-refractivity contribution is 5.93. The van der Waals surface area contributed by atoms with Crippen molar-refractivity contribution in [3.8, 4) is 18.1 Å². The fourth-order valence-corrected chi connectivity index (χ4v) is 2.27. The monoisotopic (exact) mass is 242 g/mol. The fraction of sp³-hybridized carbons (Fsp3) is 0.250. The van der Waals surface area contributed by atoms with Crippen molar-refractivity contribution in [1.29, 1.82) is 0 Å². The molecule has 0 aromatic heterocycles.